The summed E-state index contributed by atoms with van der Waals surface area (Å²) < 4.78 is 9.94. The first-order chi connectivity index (χ1) is 11.6. The van der Waals surface area contributed by atoms with Gasteiger partial charge in [0.05, 0.1) is 13.0 Å². The maximum atomic E-state index is 11.9. The van der Waals surface area contributed by atoms with E-state index in [-0.39, 0.29) is 24.7 Å². The summed E-state index contributed by atoms with van der Waals surface area (Å²) in [5.41, 5.74) is 9.49. The highest BCUT2D eigenvalue weighted by Crippen LogP contribution is 2.28. The molecule has 1 amide bonds. The number of benzene rings is 1. The highest BCUT2D eigenvalue weighted by Gasteiger charge is 2.34. The van der Waals surface area contributed by atoms with Gasteiger partial charge in [0.15, 0.2) is 0 Å². The molecule has 1 aromatic carbocycles. The fourth-order valence-electron chi connectivity index (χ4n) is 2.86. The van der Waals surface area contributed by atoms with E-state index in [0.29, 0.717) is 19.3 Å². The first kappa shape index (κ1) is 17.6. The molecule has 128 valence electrons. The number of nitrogens with one attached hydrogen (secondary N) is 1. The average Bonchev–Trinajstić information content (AvgIpc) is 2.60. The quantitative estimate of drug-likeness (QED) is 0.386. The molecule has 1 aromatic rings. The number of hydrogen-bond acceptors (Lipinski definition) is 5. The van der Waals surface area contributed by atoms with Gasteiger partial charge in [0, 0.05) is 17.0 Å². The van der Waals surface area contributed by atoms with E-state index in [4.69, 9.17) is 15.0 Å². The van der Waals surface area contributed by atoms with Crippen molar-refractivity contribution >= 4 is 12.1 Å². The van der Waals surface area contributed by atoms with E-state index in [1.54, 1.807) is 0 Å². The molecule has 3 atom stereocenters. The van der Waals surface area contributed by atoms with Gasteiger partial charge in [-0.1, -0.05) is 35.4 Å². The second-order valence-corrected chi connectivity index (χ2v) is 5.69. The molecule has 0 spiro atoms. The van der Waals surface area contributed by atoms with Gasteiger partial charge in [0.2, 0.25) is 0 Å². The van der Waals surface area contributed by atoms with Gasteiger partial charge in [0.25, 0.3) is 0 Å². The summed E-state index contributed by atoms with van der Waals surface area (Å²) in [6, 6.07) is 8.67. The van der Waals surface area contributed by atoms with Gasteiger partial charge in [-0.2, -0.15) is 0 Å². The van der Waals surface area contributed by atoms with E-state index in [0.717, 1.165) is 5.56 Å². The second kappa shape index (κ2) is 8.79. The lowest BCUT2D eigenvalue weighted by Crippen LogP contribution is -2.44. The second-order valence-electron chi connectivity index (χ2n) is 5.69. The van der Waals surface area contributed by atoms with Crippen LogP contribution in [-0.4, -0.2) is 31.3 Å². The molecule has 1 aliphatic carbocycles. The number of carbonyl (C=O) groups is 2. The Morgan fingerprint density at radius 1 is 1.29 bits per heavy atom. The van der Waals surface area contributed by atoms with Crippen LogP contribution < -0.4 is 5.32 Å². The van der Waals surface area contributed by atoms with Crippen molar-refractivity contribution in [2.24, 2.45) is 11.0 Å². The molecule has 0 bridgehead atoms. The number of amides is 1. The van der Waals surface area contributed by atoms with Crippen LogP contribution in [0, 0.1) is 5.92 Å². The fraction of sp³-hybridized carbons (Fsp3) is 0.500. The van der Waals surface area contributed by atoms with Gasteiger partial charge in [-0.15, -0.1) is 0 Å². The Labute approximate surface area is 139 Å². The minimum atomic E-state index is -0.561. The molecule has 0 saturated heterocycles. The molecule has 1 aliphatic rings. The van der Waals surface area contributed by atoms with Crippen molar-refractivity contribution in [3.63, 3.8) is 0 Å². The van der Waals surface area contributed by atoms with Gasteiger partial charge < -0.3 is 14.8 Å². The number of methoxy groups -OCH3 is 1. The molecule has 8 nitrogen and oxygen atoms in total. The van der Waals surface area contributed by atoms with Crippen LogP contribution in [0.5, 0.6) is 0 Å². The van der Waals surface area contributed by atoms with Crippen molar-refractivity contribution in [3.05, 3.63) is 46.3 Å². The summed E-state index contributed by atoms with van der Waals surface area (Å²) in [5, 5.41) is 6.42. The maximum Gasteiger partial charge on any atom is 0.407 e. The van der Waals surface area contributed by atoms with Crippen molar-refractivity contribution < 1.29 is 19.1 Å². The van der Waals surface area contributed by atoms with Gasteiger partial charge in [-0.3, -0.25) is 4.79 Å². The first-order valence-electron chi connectivity index (χ1n) is 7.71. The van der Waals surface area contributed by atoms with Gasteiger partial charge in [-0.05, 0) is 30.4 Å². The van der Waals surface area contributed by atoms with Crippen LogP contribution in [0.1, 0.15) is 24.8 Å². The minimum absolute atomic E-state index is 0.166. The molecule has 0 radical (unpaired) electrons. The summed E-state index contributed by atoms with van der Waals surface area (Å²) in [6.45, 7) is 0.166. The molecule has 24 heavy (non-hydrogen) atoms. The molecule has 0 unspecified atom stereocenters. The lowest BCUT2D eigenvalue weighted by molar-refractivity contribution is -0.147. The third kappa shape index (κ3) is 5.17. The van der Waals surface area contributed by atoms with Crippen LogP contribution in [0.15, 0.2) is 35.4 Å². The van der Waals surface area contributed by atoms with Crippen molar-refractivity contribution in [2.75, 3.05) is 7.11 Å². The Bertz CT molecular complexity index is 616. The number of carbonyl (C=O) groups excluding carboxylic acids is 2. The number of alkyl carbamates (subject to hydrolysis) is 1. The summed E-state index contributed by atoms with van der Waals surface area (Å²) in [5.74, 6) is -0.768. The fourth-order valence-corrected chi connectivity index (χ4v) is 2.86. The number of azide groups is 1. The third-order valence-electron chi connectivity index (χ3n) is 3.97. The van der Waals surface area contributed by atoms with E-state index in [2.05, 4.69) is 15.3 Å². The molecule has 8 heteroatoms. The monoisotopic (exact) mass is 332 g/mol. The smallest absolute Gasteiger partial charge is 0.407 e. The summed E-state index contributed by atoms with van der Waals surface area (Å²) in [4.78, 5) is 26.5. The van der Waals surface area contributed by atoms with Crippen LogP contribution in [-0.2, 0) is 20.9 Å². The molecule has 1 saturated carbocycles. The third-order valence-corrected chi connectivity index (χ3v) is 3.97. The molecular weight excluding hydrogens is 312 g/mol. The Kier molecular flexibility index (Phi) is 6.45. The van der Waals surface area contributed by atoms with Crippen LogP contribution in [0.3, 0.4) is 0 Å². The summed E-state index contributed by atoms with van der Waals surface area (Å²) in [6.07, 6.45) is 0.769. The number of esters is 1. The van der Waals surface area contributed by atoms with Gasteiger partial charge in [0.1, 0.15) is 6.61 Å². The Balaban J connectivity index is 1.90. The zero-order valence-corrected chi connectivity index (χ0v) is 13.4. The van der Waals surface area contributed by atoms with Crippen molar-refractivity contribution in [2.45, 2.75) is 38.0 Å². The highest BCUT2D eigenvalue weighted by atomic mass is 16.5. The zero-order valence-electron chi connectivity index (χ0n) is 13.4. The lowest BCUT2D eigenvalue weighted by atomic mass is 9.83. The van der Waals surface area contributed by atoms with E-state index < -0.39 is 12.0 Å². The minimum Gasteiger partial charge on any atom is -0.469 e. The Morgan fingerprint density at radius 3 is 2.71 bits per heavy atom. The van der Waals surface area contributed by atoms with Crippen molar-refractivity contribution in [1.82, 2.24) is 5.32 Å². The van der Waals surface area contributed by atoms with Crippen LogP contribution in [0.4, 0.5) is 4.79 Å². The maximum absolute atomic E-state index is 11.9. The summed E-state index contributed by atoms with van der Waals surface area (Å²) >= 11 is 0. The number of ether oxygens (including phenoxy) is 2. The van der Waals surface area contributed by atoms with E-state index >= 15 is 0 Å². The van der Waals surface area contributed by atoms with Crippen LogP contribution in [0.2, 0.25) is 0 Å². The molecular formula is C16H20N4O4. The molecule has 0 aromatic heterocycles. The van der Waals surface area contributed by atoms with Crippen LogP contribution >= 0.6 is 0 Å². The average molecular weight is 332 g/mol. The van der Waals surface area contributed by atoms with Crippen molar-refractivity contribution in [3.8, 4) is 0 Å². The van der Waals surface area contributed by atoms with Crippen LogP contribution in [0.25, 0.3) is 10.4 Å². The SMILES string of the molecule is COC(=O)[C@H]1C[C@@H](N=[N+]=[N-])C[C@@H](NC(=O)OCc2ccccc2)C1. The zero-order chi connectivity index (χ0) is 17.4. The van der Waals surface area contributed by atoms with Crippen molar-refractivity contribution in [1.29, 1.82) is 0 Å². The molecule has 0 aliphatic heterocycles. The van der Waals surface area contributed by atoms with E-state index in [1.807, 2.05) is 30.3 Å². The predicted octanol–water partition coefficient (Wildman–Crippen LogP) is 2.93. The molecule has 2 rings (SSSR count). The first-order valence-corrected chi connectivity index (χ1v) is 7.71. The van der Waals surface area contributed by atoms with Gasteiger partial charge in [-0.25, -0.2) is 4.79 Å². The number of hydrogen-bond donors (Lipinski definition) is 1. The Hall–Kier alpha value is -2.73. The highest BCUT2D eigenvalue weighted by molar-refractivity contribution is 5.73. The van der Waals surface area contributed by atoms with Gasteiger partial charge >= 0.3 is 12.1 Å². The summed E-state index contributed by atoms with van der Waals surface area (Å²) in [7, 11) is 1.32. The van der Waals surface area contributed by atoms with E-state index in [9.17, 15) is 9.59 Å². The Morgan fingerprint density at radius 2 is 2.04 bits per heavy atom. The molecule has 1 fully saturated rings. The topological polar surface area (TPSA) is 113 Å². The number of nitrogens with zero attached hydrogens (tertiary/aromatic N) is 3. The number of rotatable bonds is 5. The molecule has 0 heterocycles. The largest absolute Gasteiger partial charge is 0.469 e. The predicted molar refractivity (Wildman–Crippen MR) is 85.8 cm³/mol. The normalized spacial score (nSPS) is 22.8. The lowest BCUT2D eigenvalue weighted by Gasteiger charge is -2.31. The van der Waals surface area contributed by atoms with E-state index in [1.165, 1.54) is 7.11 Å². The standard InChI is InChI=1S/C16H20N4O4/c1-23-15(21)12-7-13(9-14(8-12)19-20-17)18-16(22)24-10-11-5-3-2-4-6-11/h2-6,12-14H,7-10H2,1H3,(H,18,22)/t12-,13+,14-/m1/s1. The molecule has 1 N–H and O–H groups in total.